The summed E-state index contributed by atoms with van der Waals surface area (Å²) in [5, 5.41) is 0. The molecule has 3 aromatic rings. The number of aromatic nitrogens is 2. The van der Waals surface area contributed by atoms with Crippen LogP contribution in [0.1, 0.15) is 16.2 Å². The van der Waals surface area contributed by atoms with Crippen molar-refractivity contribution in [3.05, 3.63) is 59.9 Å². The van der Waals surface area contributed by atoms with Crippen molar-refractivity contribution < 1.29 is 9.53 Å². The number of hydrogen-bond donors (Lipinski definition) is 0. The van der Waals surface area contributed by atoms with Gasteiger partial charge in [-0.3, -0.25) is 4.79 Å². The molecule has 3 rings (SSSR count). The standard InChI is InChI=1S/C17H16N2O2/c1-12-18-15-5-3-4-6-16(15)19(12)11-17(20)13-7-9-14(21-2)10-8-13/h3-10H,11H2,1-2H3. The number of Topliss-reactive ketones (excluding diaryl/α,β-unsaturated/α-hetero) is 1. The van der Waals surface area contributed by atoms with Gasteiger partial charge in [0.05, 0.1) is 24.7 Å². The van der Waals surface area contributed by atoms with E-state index in [1.807, 2.05) is 35.8 Å². The Balaban J connectivity index is 1.90. The fraction of sp³-hybridized carbons (Fsp3) is 0.176. The number of hydrogen-bond acceptors (Lipinski definition) is 3. The fourth-order valence-corrected chi connectivity index (χ4v) is 2.41. The van der Waals surface area contributed by atoms with Crippen LogP contribution in [0.15, 0.2) is 48.5 Å². The Morgan fingerprint density at radius 3 is 2.57 bits per heavy atom. The van der Waals surface area contributed by atoms with Gasteiger partial charge in [-0.2, -0.15) is 0 Å². The molecule has 0 amide bonds. The van der Waals surface area contributed by atoms with Gasteiger partial charge >= 0.3 is 0 Å². The minimum Gasteiger partial charge on any atom is -0.497 e. The average Bonchev–Trinajstić information content (AvgIpc) is 2.83. The summed E-state index contributed by atoms with van der Waals surface area (Å²) < 4.78 is 7.05. The minimum atomic E-state index is 0.0592. The Labute approximate surface area is 123 Å². The maximum atomic E-state index is 12.4. The van der Waals surface area contributed by atoms with Crippen LogP contribution in [-0.2, 0) is 6.54 Å². The highest BCUT2D eigenvalue weighted by molar-refractivity contribution is 5.96. The molecule has 0 radical (unpaired) electrons. The monoisotopic (exact) mass is 280 g/mol. The lowest BCUT2D eigenvalue weighted by atomic mass is 10.1. The second-order valence-electron chi connectivity index (χ2n) is 4.89. The number of nitrogens with zero attached hydrogens (tertiary/aromatic N) is 2. The molecular weight excluding hydrogens is 264 g/mol. The van der Waals surface area contributed by atoms with Crippen molar-refractivity contribution in [2.24, 2.45) is 0 Å². The Kier molecular flexibility index (Phi) is 3.44. The van der Waals surface area contributed by atoms with Crippen LogP contribution in [0.3, 0.4) is 0 Å². The summed E-state index contributed by atoms with van der Waals surface area (Å²) in [5.74, 6) is 1.65. The number of para-hydroxylation sites is 2. The van der Waals surface area contributed by atoms with E-state index in [1.54, 1.807) is 31.4 Å². The Morgan fingerprint density at radius 2 is 1.86 bits per heavy atom. The summed E-state index contributed by atoms with van der Waals surface area (Å²) >= 11 is 0. The van der Waals surface area contributed by atoms with Gasteiger partial charge in [0.25, 0.3) is 0 Å². The van der Waals surface area contributed by atoms with E-state index in [9.17, 15) is 4.79 Å². The van der Waals surface area contributed by atoms with E-state index in [0.29, 0.717) is 12.1 Å². The molecule has 106 valence electrons. The van der Waals surface area contributed by atoms with Gasteiger partial charge in [-0.15, -0.1) is 0 Å². The predicted octanol–water partition coefficient (Wildman–Crippen LogP) is 3.24. The molecule has 0 aliphatic heterocycles. The zero-order valence-corrected chi connectivity index (χ0v) is 12.0. The van der Waals surface area contributed by atoms with Gasteiger partial charge in [-0.1, -0.05) is 12.1 Å². The van der Waals surface area contributed by atoms with Crippen molar-refractivity contribution >= 4 is 16.8 Å². The average molecular weight is 280 g/mol. The highest BCUT2D eigenvalue weighted by Crippen LogP contribution is 2.17. The number of aryl methyl sites for hydroxylation is 1. The van der Waals surface area contributed by atoms with E-state index in [2.05, 4.69) is 4.98 Å². The summed E-state index contributed by atoms with van der Waals surface area (Å²) in [6.07, 6.45) is 0. The normalized spacial score (nSPS) is 10.8. The first-order chi connectivity index (χ1) is 10.2. The maximum Gasteiger partial charge on any atom is 0.182 e. The first kappa shape index (κ1) is 13.4. The summed E-state index contributed by atoms with van der Waals surface area (Å²) in [4.78, 5) is 16.9. The number of fused-ring (bicyclic) bond motifs is 1. The number of carbonyl (C=O) groups is 1. The Hall–Kier alpha value is -2.62. The first-order valence-corrected chi connectivity index (χ1v) is 6.78. The highest BCUT2D eigenvalue weighted by Gasteiger charge is 2.12. The zero-order chi connectivity index (χ0) is 14.8. The van der Waals surface area contributed by atoms with Gasteiger partial charge in [-0.05, 0) is 43.3 Å². The van der Waals surface area contributed by atoms with Gasteiger partial charge in [0, 0.05) is 5.56 Å². The third kappa shape index (κ3) is 2.52. The first-order valence-electron chi connectivity index (χ1n) is 6.78. The van der Waals surface area contributed by atoms with Gasteiger partial charge in [0.15, 0.2) is 5.78 Å². The third-order valence-corrected chi connectivity index (χ3v) is 3.56. The molecule has 2 aromatic carbocycles. The Morgan fingerprint density at radius 1 is 1.14 bits per heavy atom. The van der Waals surface area contributed by atoms with Crippen LogP contribution in [0.5, 0.6) is 5.75 Å². The number of benzene rings is 2. The van der Waals surface area contributed by atoms with Gasteiger partial charge in [0.1, 0.15) is 11.6 Å². The molecule has 0 saturated carbocycles. The van der Waals surface area contributed by atoms with Crippen LogP contribution in [0.25, 0.3) is 11.0 Å². The molecule has 0 aliphatic rings. The maximum absolute atomic E-state index is 12.4. The van der Waals surface area contributed by atoms with Crippen molar-refractivity contribution in [3.63, 3.8) is 0 Å². The molecule has 0 saturated heterocycles. The summed E-state index contributed by atoms with van der Waals surface area (Å²) in [5.41, 5.74) is 2.57. The van der Waals surface area contributed by atoms with E-state index in [0.717, 1.165) is 22.6 Å². The number of methoxy groups -OCH3 is 1. The number of carbonyl (C=O) groups excluding carboxylic acids is 1. The zero-order valence-electron chi connectivity index (χ0n) is 12.0. The lowest BCUT2D eigenvalue weighted by Crippen LogP contribution is -2.11. The Bertz CT molecular complexity index is 788. The van der Waals surface area contributed by atoms with Crippen molar-refractivity contribution in [2.45, 2.75) is 13.5 Å². The largest absolute Gasteiger partial charge is 0.497 e. The van der Waals surface area contributed by atoms with Crippen molar-refractivity contribution in [3.8, 4) is 5.75 Å². The molecule has 0 spiro atoms. The van der Waals surface area contributed by atoms with Crippen molar-refractivity contribution in [2.75, 3.05) is 7.11 Å². The molecule has 4 nitrogen and oxygen atoms in total. The van der Waals surface area contributed by atoms with E-state index in [-0.39, 0.29) is 5.78 Å². The molecule has 0 N–H and O–H groups in total. The second kappa shape index (κ2) is 5.40. The molecule has 0 atom stereocenters. The molecule has 1 aromatic heterocycles. The smallest absolute Gasteiger partial charge is 0.182 e. The topological polar surface area (TPSA) is 44.1 Å². The van der Waals surface area contributed by atoms with Crippen molar-refractivity contribution in [1.29, 1.82) is 0 Å². The third-order valence-electron chi connectivity index (χ3n) is 3.56. The molecule has 0 aliphatic carbocycles. The lowest BCUT2D eigenvalue weighted by Gasteiger charge is -2.07. The van der Waals surface area contributed by atoms with E-state index in [1.165, 1.54) is 0 Å². The van der Waals surface area contributed by atoms with Crippen LogP contribution in [0, 0.1) is 6.92 Å². The minimum absolute atomic E-state index is 0.0592. The second-order valence-corrected chi connectivity index (χ2v) is 4.89. The molecule has 1 heterocycles. The molecule has 4 heteroatoms. The predicted molar refractivity (Wildman–Crippen MR) is 81.8 cm³/mol. The fourth-order valence-electron chi connectivity index (χ4n) is 2.41. The van der Waals surface area contributed by atoms with Gasteiger partial charge in [0.2, 0.25) is 0 Å². The van der Waals surface area contributed by atoms with Gasteiger partial charge in [-0.25, -0.2) is 4.98 Å². The van der Waals surface area contributed by atoms with Crippen LogP contribution >= 0.6 is 0 Å². The molecule has 0 fully saturated rings. The molecule has 21 heavy (non-hydrogen) atoms. The summed E-state index contributed by atoms with van der Waals surface area (Å²) in [7, 11) is 1.61. The van der Waals surface area contributed by atoms with Crippen molar-refractivity contribution in [1.82, 2.24) is 9.55 Å². The van der Waals surface area contributed by atoms with Crippen LogP contribution < -0.4 is 4.74 Å². The SMILES string of the molecule is COc1ccc(C(=O)Cn2c(C)nc3ccccc32)cc1. The number of ketones is 1. The van der Waals surface area contributed by atoms with E-state index in [4.69, 9.17) is 4.74 Å². The summed E-state index contributed by atoms with van der Waals surface area (Å²) in [6.45, 7) is 2.21. The van der Waals surface area contributed by atoms with Crippen LogP contribution in [-0.4, -0.2) is 22.4 Å². The van der Waals surface area contributed by atoms with Crippen LogP contribution in [0.4, 0.5) is 0 Å². The van der Waals surface area contributed by atoms with Crippen LogP contribution in [0.2, 0.25) is 0 Å². The van der Waals surface area contributed by atoms with Gasteiger partial charge < -0.3 is 9.30 Å². The van der Waals surface area contributed by atoms with E-state index >= 15 is 0 Å². The van der Waals surface area contributed by atoms with E-state index < -0.39 is 0 Å². The number of imidazole rings is 1. The number of ether oxygens (including phenoxy) is 1. The lowest BCUT2D eigenvalue weighted by molar-refractivity contribution is 0.0972. The molecule has 0 bridgehead atoms. The quantitative estimate of drug-likeness (QED) is 0.689. The highest BCUT2D eigenvalue weighted by atomic mass is 16.5. The molecular formula is C17H16N2O2. The number of rotatable bonds is 4. The summed E-state index contributed by atoms with van der Waals surface area (Å²) in [6, 6.07) is 15.0. The molecule has 0 unspecified atom stereocenters.